The minimum atomic E-state index is -3.19. The van der Waals surface area contributed by atoms with Crippen LogP contribution < -0.4 is 14.2 Å². The molecule has 0 unspecified atom stereocenters. The van der Waals surface area contributed by atoms with Crippen LogP contribution in [-0.4, -0.2) is 74.8 Å². The first-order valence-electron chi connectivity index (χ1n) is 9.56. The normalized spacial score (nSPS) is 14.5. The zero-order valence-corrected chi connectivity index (χ0v) is 18.6. The number of hydrogen-bond donors (Lipinski definition) is 1. The lowest BCUT2D eigenvalue weighted by Crippen LogP contribution is -2.57. The van der Waals surface area contributed by atoms with E-state index in [1.54, 1.807) is 18.2 Å². The van der Waals surface area contributed by atoms with Gasteiger partial charge in [-0.3, -0.25) is 9.89 Å². The topological polar surface area (TPSA) is 111 Å². The molecule has 1 aromatic carbocycles. The lowest BCUT2D eigenvalue weighted by molar-refractivity contribution is 0.0652. The van der Waals surface area contributed by atoms with Crippen molar-refractivity contribution in [1.82, 2.24) is 15.1 Å². The number of carbonyl (C=O) groups is 1. The standard InChI is InChI=1S/C20H27N3O6S/c1-12(2)11-30(25,26)14-9-23(10-14)20(24)16-8-15(21-22-16)13-6-17(27-3)19(29-5)18(7-13)28-4/h6-8,12,14H,9-11H2,1-5H3,(H,21,22). The van der Waals surface area contributed by atoms with Gasteiger partial charge < -0.3 is 19.1 Å². The second-order valence-electron chi connectivity index (χ2n) is 7.64. The molecule has 1 aromatic heterocycles. The van der Waals surface area contributed by atoms with E-state index in [1.807, 2.05) is 13.8 Å². The van der Waals surface area contributed by atoms with Crippen LogP contribution in [0.3, 0.4) is 0 Å². The van der Waals surface area contributed by atoms with Gasteiger partial charge in [0.25, 0.3) is 5.91 Å². The molecule has 0 radical (unpaired) electrons. The van der Waals surface area contributed by atoms with Gasteiger partial charge in [-0.25, -0.2) is 8.42 Å². The maximum absolute atomic E-state index is 12.7. The molecule has 10 heteroatoms. The van der Waals surface area contributed by atoms with Crippen molar-refractivity contribution in [2.75, 3.05) is 40.2 Å². The molecular formula is C20H27N3O6S. The number of likely N-dealkylation sites (tertiary alicyclic amines) is 1. The third-order valence-corrected chi connectivity index (χ3v) is 7.42. The Kier molecular flexibility index (Phi) is 6.25. The van der Waals surface area contributed by atoms with Gasteiger partial charge >= 0.3 is 0 Å². The summed E-state index contributed by atoms with van der Waals surface area (Å²) >= 11 is 0. The maximum atomic E-state index is 12.7. The summed E-state index contributed by atoms with van der Waals surface area (Å²) in [4.78, 5) is 14.2. The Labute approximate surface area is 176 Å². The number of methoxy groups -OCH3 is 3. The van der Waals surface area contributed by atoms with E-state index in [2.05, 4.69) is 10.2 Å². The van der Waals surface area contributed by atoms with E-state index in [1.165, 1.54) is 26.2 Å². The number of nitrogens with one attached hydrogen (secondary N) is 1. The second-order valence-corrected chi connectivity index (χ2v) is 9.96. The minimum absolute atomic E-state index is 0.0633. The summed E-state index contributed by atoms with van der Waals surface area (Å²) < 4.78 is 40.6. The van der Waals surface area contributed by atoms with Gasteiger partial charge in [-0.2, -0.15) is 5.10 Å². The quantitative estimate of drug-likeness (QED) is 0.672. The Morgan fingerprint density at radius 3 is 2.23 bits per heavy atom. The fourth-order valence-electron chi connectivity index (χ4n) is 3.41. The summed E-state index contributed by atoms with van der Waals surface area (Å²) in [5.41, 5.74) is 1.50. The highest BCUT2D eigenvalue weighted by molar-refractivity contribution is 7.92. The maximum Gasteiger partial charge on any atom is 0.271 e. The lowest BCUT2D eigenvalue weighted by Gasteiger charge is -2.38. The number of nitrogens with zero attached hydrogens (tertiary/aromatic N) is 2. The van der Waals surface area contributed by atoms with Gasteiger partial charge in [0.05, 0.1) is 38.0 Å². The molecule has 0 aliphatic carbocycles. The van der Waals surface area contributed by atoms with Gasteiger partial charge in [0.1, 0.15) is 5.69 Å². The highest BCUT2D eigenvalue weighted by Crippen LogP contribution is 2.40. The number of hydrogen-bond acceptors (Lipinski definition) is 7. The zero-order valence-electron chi connectivity index (χ0n) is 17.8. The molecule has 0 bridgehead atoms. The fraction of sp³-hybridized carbons (Fsp3) is 0.500. The summed E-state index contributed by atoms with van der Waals surface area (Å²) in [6.45, 7) is 4.14. The molecule has 164 valence electrons. The van der Waals surface area contributed by atoms with Crippen molar-refractivity contribution in [2.45, 2.75) is 19.1 Å². The van der Waals surface area contributed by atoms with E-state index in [0.29, 0.717) is 34.2 Å². The van der Waals surface area contributed by atoms with Crippen molar-refractivity contribution in [3.8, 4) is 28.5 Å². The monoisotopic (exact) mass is 437 g/mol. The van der Waals surface area contributed by atoms with E-state index < -0.39 is 15.1 Å². The van der Waals surface area contributed by atoms with Crippen LogP contribution in [0.1, 0.15) is 24.3 Å². The van der Waals surface area contributed by atoms with E-state index in [4.69, 9.17) is 14.2 Å². The number of ether oxygens (including phenoxy) is 3. The van der Waals surface area contributed by atoms with E-state index in [-0.39, 0.29) is 30.7 Å². The van der Waals surface area contributed by atoms with Crippen LogP contribution in [0.5, 0.6) is 17.2 Å². The molecule has 30 heavy (non-hydrogen) atoms. The first-order chi connectivity index (χ1) is 14.2. The van der Waals surface area contributed by atoms with Crippen molar-refractivity contribution < 1.29 is 27.4 Å². The highest BCUT2D eigenvalue weighted by atomic mass is 32.2. The summed E-state index contributed by atoms with van der Waals surface area (Å²) in [7, 11) is 1.37. The van der Waals surface area contributed by atoms with Gasteiger partial charge in [0, 0.05) is 18.7 Å². The van der Waals surface area contributed by atoms with Crippen molar-refractivity contribution in [3.05, 3.63) is 23.9 Å². The van der Waals surface area contributed by atoms with Crippen molar-refractivity contribution in [3.63, 3.8) is 0 Å². The van der Waals surface area contributed by atoms with Gasteiger partial charge in [0.15, 0.2) is 21.3 Å². The number of sulfone groups is 1. The van der Waals surface area contributed by atoms with Gasteiger partial charge in [-0.15, -0.1) is 0 Å². The number of H-pyrrole nitrogens is 1. The molecule has 1 saturated heterocycles. The molecule has 3 rings (SSSR count). The Balaban J connectivity index is 1.75. The lowest BCUT2D eigenvalue weighted by atomic mass is 10.1. The van der Waals surface area contributed by atoms with Crippen molar-refractivity contribution in [2.24, 2.45) is 5.92 Å². The molecule has 0 atom stereocenters. The van der Waals surface area contributed by atoms with Crippen LogP contribution in [0.2, 0.25) is 0 Å². The van der Waals surface area contributed by atoms with Crippen LogP contribution in [-0.2, 0) is 9.84 Å². The molecule has 9 nitrogen and oxygen atoms in total. The largest absolute Gasteiger partial charge is 0.493 e. The van der Waals surface area contributed by atoms with E-state index in [9.17, 15) is 13.2 Å². The Bertz CT molecular complexity index is 1000. The molecule has 0 saturated carbocycles. The smallest absolute Gasteiger partial charge is 0.271 e. The third-order valence-electron chi connectivity index (χ3n) is 4.98. The molecule has 1 aliphatic rings. The van der Waals surface area contributed by atoms with Crippen LogP contribution >= 0.6 is 0 Å². The number of carbonyl (C=O) groups excluding carboxylic acids is 1. The summed E-state index contributed by atoms with van der Waals surface area (Å²) in [5, 5.41) is 6.46. The van der Waals surface area contributed by atoms with Gasteiger partial charge in [-0.05, 0) is 24.1 Å². The average Bonchev–Trinajstić information content (AvgIpc) is 3.14. The molecule has 1 fully saturated rings. The molecule has 1 N–H and O–H groups in total. The molecule has 0 spiro atoms. The summed E-state index contributed by atoms with van der Waals surface area (Å²) in [6.07, 6.45) is 0. The average molecular weight is 438 g/mol. The van der Waals surface area contributed by atoms with E-state index in [0.717, 1.165) is 0 Å². The SMILES string of the molecule is COc1cc(-c2cc(C(=O)N3CC(S(=O)(=O)CC(C)C)C3)[nH]n2)cc(OC)c1OC. The number of amides is 1. The van der Waals surface area contributed by atoms with Gasteiger partial charge in [0.2, 0.25) is 5.75 Å². The zero-order chi connectivity index (χ0) is 22.1. The number of aromatic amines is 1. The highest BCUT2D eigenvalue weighted by Gasteiger charge is 2.40. The minimum Gasteiger partial charge on any atom is -0.493 e. The summed E-state index contributed by atoms with van der Waals surface area (Å²) in [6, 6.07) is 5.10. The predicted octanol–water partition coefficient (Wildman–Crippen LogP) is 2.00. The summed E-state index contributed by atoms with van der Waals surface area (Å²) in [5.74, 6) is 1.33. The van der Waals surface area contributed by atoms with Crippen LogP contribution in [0.15, 0.2) is 18.2 Å². The van der Waals surface area contributed by atoms with Crippen molar-refractivity contribution in [1.29, 1.82) is 0 Å². The third kappa shape index (κ3) is 4.23. The van der Waals surface area contributed by atoms with Crippen LogP contribution in [0.25, 0.3) is 11.3 Å². The molecule has 2 aromatic rings. The number of aromatic nitrogens is 2. The fourth-order valence-corrected chi connectivity index (χ4v) is 5.43. The second kappa shape index (κ2) is 8.55. The van der Waals surface area contributed by atoms with Crippen LogP contribution in [0, 0.1) is 5.92 Å². The molecular weight excluding hydrogens is 410 g/mol. The van der Waals surface area contributed by atoms with Crippen LogP contribution in [0.4, 0.5) is 0 Å². The Morgan fingerprint density at radius 2 is 1.73 bits per heavy atom. The van der Waals surface area contributed by atoms with Gasteiger partial charge in [-0.1, -0.05) is 13.8 Å². The Morgan fingerprint density at radius 1 is 1.13 bits per heavy atom. The molecule has 1 amide bonds. The molecule has 1 aliphatic heterocycles. The first-order valence-corrected chi connectivity index (χ1v) is 11.3. The number of benzene rings is 1. The first kappa shape index (κ1) is 21.9. The Hall–Kier alpha value is -2.75. The van der Waals surface area contributed by atoms with E-state index >= 15 is 0 Å². The van der Waals surface area contributed by atoms with Crippen molar-refractivity contribution >= 4 is 15.7 Å². The number of rotatable bonds is 8. The predicted molar refractivity (Wildman–Crippen MR) is 112 cm³/mol. The molecule has 2 heterocycles.